The third kappa shape index (κ3) is 3.17. The summed E-state index contributed by atoms with van der Waals surface area (Å²) < 4.78 is 13.6. The first kappa shape index (κ1) is 16.6. The Morgan fingerprint density at radius 3 is 2.71 bits per heavy atom. The number of carboxylic acids is 1. The van der Waals surface area contributed by atoms with Gasteiger partial charge in [0, 0.05) is 5.38 Å². The summed E-state index contributed by atoms with van der Waals surface area (Å²) in [4.78, 5) is 27.6. The molecule has 2 N–H and O–H groups in total. The van der Waals surface area contributed by atoms with E-state index in [1.54, 1.807) is 12.1 Å². The quantitative estimate of drug-likeness (QED) is 0.870. The van der Waals surface area contributed by atoms with Crippen LogP contribution in [-0.4, -0.2) is 22.0 Å². The van der Waals surface area contributed by atoms with Crippen molar-refractivity contribution >= 4 is 23.2 Å². The van der Waals surface area contributed by atoms with Crippen LogP contribution in [0.2, 0.25) is 0 Å². The lowest BCUT2D eigenvalue weighted by Crippen LogP contribution is -2.42. The number of carboxylic acid groups (broad SMARTS) is 1. The summed E-state index contributed by atoms with van der Waals surface area (Å²) in [6.45, 7) is 0.174. The van der Waals surface area contributed by atoms with Gasteiger partial charge in [-0.3, -0.25) is 4.79 Å². The summed E-state index contributed by atoms with van der Waals surface area (Å²) in [6, 6.07) is 6.21. The second-order valence-electron chi connectivity index (χ2n) is 5.91. The smallest absolute Gasteiger partial charge is 0.355 e. The predicted molar refractivity (Wildman–Crippen MR) is 87.5 cm³/mol. The Balaban J connectivity index is 1.76. The van der Waals surface area contributed by atoms with E-state index >= 15 is 0 Å². The van der Waals surface area contributed by atoms with E-state index in [0.29, 0.717) is 23.4 Å². The van der Waals surface area contributed by atoms with Gasteiger partial charge in [-0.2, -0.15) is 0 Å². The summed E-state index contributed by atoms with van der Waals surface area (Å²) in [7, 11) is 0. The molecule has 1 aromatic carbocycles. The highest BCUT2D eigenvalue weighted by Gasteiger charge is 2.42. The molecular formula is C17H17FN2O3S. The van der Waals surface area contributed by atoms with Crippen molar-refractivity contribution in [3.8, 4) is 0 Å². The molecule has 7 heteroatoms. The molecule has 1 heterocycles. The molecule has 1 aliphatic carbocycles. The highest BCUT2D eigenvalue weighted by atomic mass is 32.1. The van der Waals surface area contributed by atoms with Crippen molar-refractivity contribution in [3.05, 3.63) is 51.7 Å². The number of amides is 1. The molecule has 0 spiro atoms. The van der Waals surface area contributed by atoms with E-state index in [9.17, 15) is 14.0 Å². The van der Waals surface area contributed by atoms with Crippen molar-refractivity contribution in [2.45, 2.75) is 37.6 Å². The van der Waals surface area contributed by atoms with E-state index in [0.717, 1.165) is 12.8 Å². The van der Waals surface area contributed by atoms with Crippen molar-refractivity contribution < 1.29 is 19.1 Å². The first-order valence-electron chi connectivity index (χ1n) is 7.73. The Hall–Kier alpha value is -2.28. The monoisotopic (exact) mass is 348 g/mol. The average molecular weight is 348 g/mol. The number of thiazole rings is 1. The molecule has 5 nitrogen and oxygen atoms in total. The van der Waals surface area contributed by atoms with Gasteiger partial charge in [-0.1, -0.05) is 25.0 Å². The van der Waals surface area contributed by atoms with Gasteiger partial charge in [-0.15, -0.1) is 11.3 Å². The molecule has 0 unspecified atom stereocenters. The first-order valence-corrected chi connectivity index (χ1v) is 8.61. The average Bonchev–Trinajstić information content (AvgIpc) is 3.23. The van der Waals surface area contributed by atoms with Gasteiger partial charge in [0.25, 0.3) is 0 Å². The second-order valence-corrected chi connectivity index (χ2v) is 6.86. The van der Waals surface area contributed by atoms with Gasteiger partial charge in [0.2, 0.25) is 5.91 Å². The largest absolute Gasteiger partial charge is 0.476 e. The van der Waals surface area contributed by atoms with Crippen LogP contribution < -0.4 is 5.32 Å². The molecule has 3 rings (SSSR count). The van der Waals surface area contributed by atoms with Crippen LogP contribution >= 0.6 is 11.3 Å². The minimum Gasteiger partial charge on any atom is -0.476 e. The van der Waals surface area contributed by atoms with Crippen LogP contribution in [0, 0.1) is 5.82 Å². The third-order valence-electron chi connectivity index (χ3n) is 4.44. The van der Waals surface area contributed by atoms with Gasteiger partial charge in [0.1, 0.15) is 10.8 Å². The number of aromatic nitrogens is 1. The Morgan fingerprint density at radius 1 is 1.33 bits per heavy atom. The van der Waals surface area contributed by atoms with E-state index in [-0.39, 0.29) is 24.0 Å². The Bertz CT molecular complexity index is 769. The van der Waals surface area contributed by atoms with Crippen molar-refractivity contribution in [1.29, 1.82) is 0 Å². The lowest BCUT2D eigenvalue weighted by Gasteiger charge is -2.28. The number of hydrogen-bond acceptors (Lipinski definition) is 4. The van der Waals surface area contributed by atoms with E-state index in [2.05, 4.69) is 10.3 Å². The molecule has 0 aliphatic heterocycles. The molecule has 1 aromatic heterocycles. The van der Waals surface area contributed by atoms with Crippen LogP contribution in [0.5, 0.6) is 0 Å². The number of carbonyl (C=O) groups excluding carboxylic acids is 1. The SMILES string of the molecule is O=C(O)c1csc(CNC(=O)C2(c3cccc(F)c3)CCCC2)n1. The molecule has 1 saturated carbocycles. The number of nitrogens with zero attached hydrogens (tertiary/aromatic N) is 1. The van der Waals surface area contributed by atoms with E-state index < -0.39 is 11.4 Å². The van der Waals surface area contributed by atoms with Crippen LogP contribution in [0.4, 0.5) is 4.39 Å². The summed E-state index contributed by atoms with van der Waals surface area (Å²) in [6.07, 6.45) is 3.20. The number of aromatic carboxylic acids is 1. The minimum atomic E-state index is -1.09. The Labute approximate surface area is 142 Å². The standard InChI is InChI=1S/C17H17FN2O3S/c18-12-5-3-4-11(8-12)17(6-1-2-7-17)16(23)19-9-14-20-13(10-24-14)15(21)22/h3-5,8,10H,1-2,6-7,9H2,(H,19,23)(H,21,22). The molecule has 0 saturated heterocycles. The highest BCUT2D eigenvalue weighted by molar-refractivity contribution is 7.09. The number of halogens is 1. The molecule has 0 radical (unpaired) electrons. The van der Waals surface area contributed by atoms with E-state index in [1.807, 2.05) is 0 Å². The Morgan fingerprint density at radius 2 is 2.08 bits per heavy atom. The fourth-order valence-electron chi connectivity index (χ4n) is 3.23. The summed E-state index contributed by atoms with van der Waals surface area (Å²) in [5.41, 5.74) is -0.0394. The molecular weight excluding hydrogens is 331 g/mol. The number of hydrogen-bond donors (Lipinski definition) is 2. The normalized spacial score (nSPS) is 16.0. The molecule has 126 valence electrons. The molecule has 1 aliphatic rings. The zero-order valence-electron chi connectivity index (χ0n) is 12.9. The number of nitrogens with one attached hydrogen (secondary N) is 1. The van der Waals surface area contributed by atoms with Crippen molar-refractivity contribution in [3.63, 3.8) is 0 Å². The number of carbonyl (C=O) groups is 2. The fraction of sp³-hybridized carbons (Fsp3) is 0.353. The van der Waals surface area contributed by atoms with Crippen LogP contribution in [0.1, 0.15) is 46.7 Å². The minimum absolute atomic E-state index is 0.0232. The number of benzene rings is 1. The van der Waals surface area contributed by atoms with Gasteiger partial charge < -0.3 is 10.4 Å². The summed E-state index contributed by atoms with van der Waals surface area (Å²) in [5, 5.41) is 13.7. The summed E-state index contributed by atoms with van der Waals surface area (Å²) >= 11 is 1.19. The van der Waals surface area contributed by atoms with Gasteiger partial charge >= 0.3 is 5.97 Å². The summed E-state index contributed by atoms with van der Waals surface area (Å²) in [5.74, 6) is -1.59. The van der Waals surface area contributed by atoms with Gasteiger partial charge in [0.15, 0.2) is 5.69 Å². The maximum Gasteiger partial charge on any atom is 0.355 e. The topological polar surface area (TPSA) is 79.3 Å². The molecule has 2 aromatic rings. The van der Waals surface area contributed by atoms with Crippen LogP contribution in [0.15, 0.2) is 29.6 Å². The van der Waals surface area contributed by atoms with Gasteiger partial charge in [-0.05, 0) is 30.5 Å². The highest BCUT2D eigenvalue weighted by Crippen LogP contribution is 2.41. The van der Waals surface area contributed by atoms with Gasteiger partial charge in [-0.25, -0.2) is 14.2 Å². The zero-order chi connectivity index (χ0) is 17.2. The predicted octanol–water partition coefficient (Wildman–Crippen LogP) is 3.11. The molecule has 0 bridgehead atoms. The van der Waals surface area contributed by atoms with Gasteiger partial charge in [0.05, 0.1) is 12.0 Å². The molecule has 1 amide bonds. The van der Waals surface area contributed by atoms with Crippen LogP contribution in [0.25, 0.3) is 0 Å². The lowest BCUT2D eigenvalue weighted by atomic mass is 9.78. The zero-order valence-corrected chi connectivity index (χ0v) is 13.7. The maximum absolute atomic E-state index is 13.6. The maximum atomic E-state index is 13.6. The lowest BCUT2D eigenvalue weighted by molar-refractivity contribution is -0.126. The van der Waals surface area contributed by atoms with Crippen LogP contribution in [0.3, 0.4) is 0 Å². The third-order valence-corrected chi connectivity index (χ3v) is 5.29. The molecule has 0 atom stereocenters. The van der Waals surface area contributed by atoms with Crippen molar-refractivity contribution in [2.75, 3.05) is 0 Å². The molecule has 24 heavy (non-hydrogen) atoms. The molecule has 1 fully saturated rings. The number of rotatable bonds is 5. The van der Waals surface area contributed by atoms with Crippen molar-refractivity contribution in [2.24, 2.45) is 0 Å². The Kier molecular flexibility index (Phi) is 4.62. The van der Waals surface area contributed by atoms with Crippen molar-refractivity contribution in [1.82, 2.24) is 10.3 Å². The van der Waals surface area contributed by atoms with E-state index in [4.69, 9.17) is 5.11 Å². The first-order chi connectivity index (χ1) is 11.5. The van der Waals surface area contributed by atoms with Crippen LogP contribution in [-0.2, 0) is 16.8 Å². The fourth-order valence-corrected chi connectivity index (χ4v) is 3.93. The second kappa shape index (κ2) is 6.68. The van der Waals surface area contributed by atoms with E-state index in [1.165, 1.54) is 28.8 Å².